The van der Waals surface area contributed by atoms with Crippen molar-refractivity contribution in [2.45, 2.75) is 86.3 Å². The Morgan fingerprint density at radius 3 is 2.67 bits per heavy atom. The Labute approximate surface area is 191 Å². The SMILES string of the molecule is CCCC(C)NC(=O)C1N([C@@H](CC)CO)C(=O)[C@@H]2[C@@H](C(=O)OCC)[C@@H]3SC12CC3Br. The molecule has 30 heavy (non-hydrogen) atoms. The van der Waals surface area contributed by atoms with E-state index < -0.39 is 28.7 Å². The van der Waals surface area contributed by atoms with Crippen LogP contribution in [0.1, 0.15) is 53.4 Å². The summed E-state index contributed by atoms with van der Waals surface area (Å²) in [5.74, 6) is -1.93. The summed E-state index contributed by atoms with van der Waals surface area (Å²) in [4.78, 5) is 41.7. The van der Waals surface area contributed by atoms with Gasteiger partial charge < -0.3 is 20.1 Å². The molecule has 7 nitrogen and oxygen atoms in total. The summed E-state index contributed by atoms with van der Waals surface area (Å²) in [5.41, 5.74) is 0. The van der Waals surface area contributed by atoms with Gasteiger partial charge in [-0.1, -0.05) is 36.2 Å². The Kier molecular flexibility index (Phi) is 7.45. The molecule has 0 aliphatic carbocycles. The standard InChI is InChI=1S/C21H33BrN2O5S/c1-5-8-11(4)23-18(26)17-21-9-13(22)16(30-21)14(20(28)29-7-3)15(21)19(27)24(17)12(6-2)10-25/h11-17,25H,5-10H2,1-4H3,(H,23,26)/t11?,12-,13?,14+,15-,16+,17?,21?/m0/s1. The van der Waals surface area contributed by atoms with E-state index in [9.17, 15) is 19.5 Å². The highest BCUT2D eigenvalue weighted by molar-refractivity contribution is 9.09. The number of halogens is 1. The number of thioether (sulfide) groups is 1. The predicted octanol–water partition coefficient (Wildman–Crippen LogP) is 2.09. The number of aliphatic hydroxyl groups excluding tert-OH is 1. The lowest BCUT2D eigenvalue weighted by molar-refractivity contribution is -0.154. The zero-order valence-corrected chi connectivity index (χ0v) is 20.5. The summed E-state index contributed by atoms with van der Waals surface area (Å²) in [7, 11) is 0. The fraction of sp³-hybridized carbons (Fsp3) is 0.857. The summed E-state index contributed by atoms with van der Waals surface area (Å²) in [6.07, 6.45) is 2.97. The number of aliphatic hydroxyl groups is 1. The minimum Gasteiger partial charge on any atom is -0.466 e. The Hall–Kier alpha value is -0.800. The third-order valence-electron chi connectivity index (χ3n) is 6.72. The summed E-state index contributed by atoms with van der Waals surface area (Å²) >= 11 is 5.30. The van der Waals surface area contributed by atoms with Gasteiger partial charge in [0.15, 0.2) is 0 Å². The monoisotopic (exact) mass is 504 g/mol. The molecule has 3 aliphatic rings. The largest absolute Gasteiger partial charge is 0.466 e. The van der Waals surface area contributed by atoms with E-state index >= 15 is 0 Å². The number of hydrogen-bond acceptors (Lipinski definition) is 6. The lowest BCUT2D eigenvalue weighted by Crippen LogP contribution is -2.58. The molecule has 2 amide bonds. The molecule has 1 spiro atoms. The van der Waals surface area contributed by atoms with Gasteiger partial charge >= 0.3 is 5.97 Å². The van der Waals surface area contributed by atoms with Crippen LogP contribution in [0.5, 0.6) is 0 Å². The molecule has 3 heterocycles. The number of likely N-dealkylation sites (tertiary alicyclic amines) is 1. The zero-order chi connectivity index (χ0) is 22.2. The number of nitrogens with one attached hydrogen (secondary N) is 1. The highest BCUT2D eigenvalue weighted by Crippen LogP contribution is 2.68. The molecular weight excluding hydrogens is 472 g/mol. The predicted molar refractivity (Wildman–Crippen MR) is 119 cm³/mol. The van der Waals surface area contributed by atoms with E-state index in [-0.39, 0.29) is 47.1 Å². The smallest absolute Gasteiger partial charge is 0.310 e. The Morgan fingerprint density at radius 1 is 1.40 bits per heavy atom. The van der Waals surface area contributed by atoms with Crippen molar-refractivity contribution in [3.8, 4) is 0 Å². The first kappa shape index (κ1) is 23.9. The Balaban J connectivity index is 2.03. The minimum atomic E-state index is -0.708. The highest BCUT2D eigenvalue weighted by Gasteiger charge is 2.76. The second-order valence-electron chi connectivity index (χ2n) is 8.60. The van der Waals surface area contributed by atoms with E-state index in [1.807, 2.05) is 13.8 Å². The van der Waals surface area contributed by atoms with Crippen LogP contribution < -0.4 is 5.32 Å². The topological polar surface area (TPSA) is 95.9 Å². The van der Waals surface area contributed by atoms with Gasteiger partial charge in [-0.3, -0.25) is 14.4 Å². The van der Waals surface area contributed by atoms with Crippen LogP contribution in [-0.2, 0) is 19.1 Å². The summed E-state index contributed by atoms with van der Waals surface area (Å²) in [6, 6.07) is -1.17. The van der Waals surface area contributed by atoms with Gasteiger partial charge in [0.1, 0.15) is 6.04 Å². The second kappa shape index (κ2) is 9.36. The number of amides is 2. The van der Waals surface area contributed by atoms with Gasteiger partial charge in [-0.2, -0.15) is 0 Å². The molecule has 0 aromatic rings. The molecule has 0 saturated carbocycles. The van der Waals surface area contributed by atoms with Crippen LogP contribution in [0.2, 0.25) is 0 Å². The molecule has 170 valence electrons. The Bertz CT molecular complexity index is 690. The summed E-state index contributed by atoms with van der Waals surface area (Å²) < 4.78 is 4.64. The maximum absolute atomic E-state index is 13.7. The van der Waals surface area contributed by atoms with Gasteiger partial charge in [-0.05, 0) is 33.1 Å². The van der Waals surface area contributed by atoms with Crippen molar-refractivity contribution < 1.29 is 24.2 Å². The van der Waals surface area contributed by atoms with Gasteiger partial charge in [0.2, 0.25) is 11.8 Å². The van der Waals surface area contributed by atoms with E-state index in [0.717, 1.165) is 12.8 Å². The van der Waals surface area contributed by atoms with Crippen LogP contribution in [0.3, 0.4) is 0 Å². The average Bonchev–Trinajstić information content (AvgIpc) is 3.27. The third kappa shape index (κ3) is 3.68. The van der Waals surface area contributed by atoms with E-state index in [1.165, 1.54) is 0 Å². The zero-order valence-electron chi connectivity index (χ0n) is 18.1. The quantitative estimate of drug-likeness (QED) is 0.368. The van der Waals surface area contributed by atoms with Gasteiger partial charge in [0, 0.05) is 16.1 Å². The maximum Gasteiger partial charge on any atom is 0.310 e. The molecule has 8 atom stereocenters. The molecule has 2 N–H and O–H groups in total. The molecular formula is C21H33BrN2O5S. The minimum absolute atomic E-state index is 0.00618. The molecule has 9 heteroatoms. The van der Waals surface area contributed by atoms with E-state index in [4.69, 9.17) is 4.74 Å². The van der Waals surface area contributed by atoms with Crippen molar-refractivity contribution in [3.63, 3.8) is 0 Å². The molecule has 4 unspecified atom stereocenters. The first-order chi connectivity index (χ1) is 14.3. The summed E-state index contributed by atoms with van der Waals surface area (Å²) in [5, 5.41) is 13.0. The third-order valence-corrected chi connectivity index (χ3v) is 9.94. The van der Waals surface area contributed by atoms with Crippen LogP contribution in [-0.4, -0.2) is 74.0 Å². The van der Waals surface area contributed by atoms with Crippen LogP contribution >= 0.6 is 27.7 Å². The van der Waals surface area contributed by atoms with Crippen LogP contribution in [0.25, 0.3) is 0 Å². The molecule has 2 bridgehead atoms. The van der Waals surface area contributed by atoms with Crippen molar-refractivity contribution >= 4 is 45.5 Å². The Morgan fingerprint density at radius 2 is 2.10 bits per heavy atom. The number of nitrogens with zero attached hydrogens (tertiary/aromatic N) is 1. The first-order valence-electron chi connectivity index (χ1n) is 11.0. The van der Waals surface area contributed by atoms with Crippen LogP contribution in [0, 0.1) is 11.8 Å². The number of esters is 1. The molecule has 0 aromatic carbocycles. The summed E-state index contributed by atoms with van der Waals surface area (Å²) in [6.45, 7) is 7.73. The lowest BCUT2D eigenvalue weighted by atomic mass is 9.71. The van der Waals surface area contributed by atoms with Crippen molar-refractivity contribution in [3.05, 3.63) is 0 Å². The van der Waals surface area contributed by atoms with E-state index in [0.29, 0.717) is 12.8 Å². The molecule has 0 radical (unpaired) electrons. The van der Waals surface area contributed by atoms with Crippen molar-refractivity contribution in [2.75, 3.05) is 13.2 Å². The van der Waals surface area contributed by atoms with Crippen molar-refractivity contribution in [2.24, 2.45) is 11.8 Å². The first-order valence-corrected chi connectivity index (χ1v) is 12.8. The van der Waals surface area contributed by atoms with Gasteiger partial charge in [0.25, 0.3) is 0 Å². The normalized spacial score (nSPS) is 36.5. The second-order valence-corrected chi connectivity index (χ2v) is 11.3. The fourth-order valence-electron chi connectivity index (χ4n) is 5.51. The van der Waals surface area contributed by atoms with E-state index in [2.05, 4.69) is 28.2 Å². The van der Waals surface area contributed by atoms with Crippen molar-refractivity contribution in [1.29, 1.82) is 0 Å². The number of carbonyl (C=O) groups is 3. The molecule has 3 fully saturated rings. The molecule has 3 aliphatic heterocycles. The van der Waals surface area contributed by atoms with Gasteiger partial charge in [-0.25, -0.2) is 0 Å². The molecule has 3 rings (SSSR count). The van der Waals surface area contributed by atoms with E-state index in [1.54, 1.807) is 23.6 Å². The number of fused-ring (bicyclic) bond motifs is 1. The number of carbonyl (C=O) groups excluding carboxylic acids is 3. The maximum atomic E-state index is 13.7. The molecule has 3 saturated heterocycles. The lowest BCUT2D eigenvalue weighted by Gasteiger charge is -2.37. The van der Waals surface area contributed by atoms with Crippen LogP contribution in [0.15, 0.2) is 0 Å². The fourth-order valence-corrected chi connectivity index (χ4v) is 9.10. The number of alkyl halides is 1. The highest BCUT2D eigenvalue weighted by atomic mass is 79.9. The van der Waals surface area contributed by atoms with Crippen molar-refractivity contribution in [1.82, 2.24) is 10.2 Å². The average molecular weight is 505 g/mol. The van der Waals surface area contributed by atoms with Gasteiger partial charge in [0.05, 0.1) is 35.8 Å². The number of hydrogen-bond donors (Lipinski definition) is 2. The molecule has 0 aromatic heterocycles. The number of ether oxygens (including phenoxy) is 1. The van der Waals surface area contributed by atoms with Crippen LogP contribution in [0.4, 0.5) is 0 Å². The van der Waals surface area contributed by atoms with Gasteiger partial charge in [-0.15, -0.1) is 11.8 Å². The number of rotatable bonds is 9.